The molecule has 15 heavy (non-hydrogen) atoms. The third-order valence-corrected chi connectivity index (χ3v) is 2.65. The second-order valence-electron chi connectivity index (χ2n) is 2.80. The number of amides is 1. The van der Waals surface area contributed by atoms with Gasteiger partial charge in [-0.2, -0.15) is 0 Å². The molecule has 1 heterocycles. The fraction of sp³-hybridized carbons (Fsp3) is 0.444. The Bertz CT molecular complexity index is 290. The molecular weight excluding hydrogens is 216 g/mol. The van der Waals surface area contributed by atoms with Crippen LogP contribution in [-0.2, 0) is 14.4 Å². The number of rotatable bonds is 6. The minimum atomic E-state index is -0.674. The number of carbonyl (C=O) groups excluding carboxylic acids is 1. The normalized spacial score (nSPS) is 12.4. The lowest BCUT2D eigenvalue weighted by Crippen LogP contribution is -2.34. The average Bonchev–Trinajstić information content (AvgIpc) is 2.76. The zero-order valence-corrected chi connectivity index (χ0v) is 9.25. The Kier molecular flexibility index (Phi) is 5.27. The SMILES string of the molecule is COCCONC(=O)C(N)c1cccs1. The quantitative estimate of drug-likeness (QED) is 0.549. The molecule has 1 unspecified atom stereocenters. The minimum Gasteiger partial charge on any atom is -0.382 e. The van der Waals surface area contributed by atoms with E-state index in [4.69, 9.17) is 15.3 Å². The number of hydrogen-bond acceptors (Lipinski definition) is 5. The van der Waals surface area contributed by atoms with Crippen LogP contribution < -0.4 is 11.2 Å². The van der Waals surface area contributed by atoms with Crippen molar-refractivity contribution in [2.45, 2.75) is 6.04 Å². The molecule has 0 aliphatic heterocycles. The largest absolute Gasteiger partial charge is 0.382 e. The molecule has 0 bridgehead atoms. The van der Waals surface area contributed by atoms with E-state index in [0.717, 1.165) is 4.88 Å². The fourth-order valence-electron chi connectivity index (χ4n) is 0.908. The lowest BCUT2D eigenvalue weighted by molar-refractivity contribution is -0.136. The van der Waals surface area contributed by atoms with Crippen LogP contribution in [0.3, 0.4) is 0 Å². The molecule has 0 radical (unpaired) electrons. The molecule has 1 amide bonds. The van der Waals surface area contributed by atoms with Crippen LogP contribution in [0.5, 0.6) is 0 Å². The van der Waals surface area contributed by atoms with Crippen molar-refractivity contribution in [3.8, 4) is 0 Å². The summed E-state index contributed by atoms with van der Waals surface area (Å²) in [6, 6.07) is 2.98. The van der Waals surface area contributed by atoms with Gasteiger partial charge in [-0.1, -0.05) is 6.07 Å². The second-order valence-corrected chi connectivity index (χ2v) is 3.78. The van der Waals surface area contributed by atoms with E-state index in [9.17, 15) is 4.79 Å². The first-order valence-corrected chi connectivity index (χ1v) is 5.33. The predicted molar refractivity (Wildman–Crippen MR) is 57.2 cm³/mol. The zero-order valence-electron chi connectivity index (χ0n) is 8.43. The van der Waals surface area contributed by atoms with E-state index >= 15 is 0 Å². The molecule has 1 rings (SSSR count). The van der Waals surface area contributed by atoms with Crippen LogP contribution in [-0.4, -0.2) is 26.2 Å². The summed E-state index contributed by atoms with van der Waals surface area (Å²) in [7, 11) is 1.56. The van der Waals surface area contributed by atoms with Gasteiger partial charge < -0.3 is 10.5 Å². The average molecular weight is 230 g/mol. The summed E-state index contributed by atoms with van der Waals surface area (Å²) in [4.78, 5) is 17.1. The summed E-state index contributed by atoms with van der Waals surface area (Å²) >= 11 is 1.44. The monoisotopic (exact) mass is 230 g/mol. The van der Waals surface area contributed by atoms with E-state index in [2.05, 4.69) is 5.48 Å². The van der Waals surface area contributed by atoms with Gasteiger partial charge in [0.1, 0.15) is 6.04 Å². The van der Waals surface area contributed by atoms with Gasteiger partial charge in [-0.05, 0) is 11.4 Å². The molecular formula is C9H14N2O3S. The summed E-state index contributed by atoms with van der Waals surface area (Å²) in [6.07, 6.45) is 0. The van der Waals surface area contributed by atoms with Gasteiger partial charge in [0.25, 0.3) is 5.91 Å². The third-order valence-electron chi connectivity index (χ3n) is 1.69. The molecule has 0 saturated heterocycles. The Hall–Kier alpha value is -0.950. The molecule has 5 nitrogen and oxygen atoms in total. The smallest absolute Gasteiger partial charge is 0.265 e. The molecule has 6 heteroatoms. The van der Waals surface area contributed by atoms with Crippen LogP contribution in [0.2, 0.25) is 0 Å². The number of carbonyl (C=O) groups is 1. The Morgan fingerprint density at radius 2 is 2.47 bits per heavy atom. The number of nitrogens with two attached hydrogens (primary N) is 1. The summed E-state index contributed by atoms with van der Waals surface area (Å²) in [5.41, 5.74) is 7.95. The fourth-order valence-corrected chi connectivity index (χ4v) is 1.63. The Balaban J connectivity index is 2.28. The van der Waals surface area contributed by atoms with Crippen molar-refractivity contribution in [2.75, 3.05) is 20.3 Å². The van der Waals surface area contributed by atoms with Crippen LogP contribution in [0.25, 0.3) is 0 Å². The lowest BCUT2D eigenvalue weighted by Gasteiger charge is -2.10. The van der Waals surface area contributed by atoms with Gasteiger partial charge in [0.05, 0.1) is 13.2 Å². The Morgan fingerprint density at radius 3 is 3.07 bits per heavy atom. The Labute approximate surface area is 92.1 Å². The van der Waals surface area contributed by atoms with E-state index in [0.29, 0.717) is 13.2 Å². The first-order valence-electron chi connectivity index (χ1n) is 4.45. The van der Waals surface area contributed by atoms with E-state index in [1.165, 1.54) is 11.3 Å². The van der Waals surface area contributed by atoms with Crippen molar-refractivity contribution in [3.63, 3.8) is 0 Å². The first kappa shape index (κ1) is 12.1. The van der Waals surface area contributed by atoms with Crippen molar-refractivity contribution >= 4 is 17.2 Å². The van der Waals surface area contributed by atoms with E-state index in [1.54, 1.807) is 7.11 Å². The van der Waals surface area contributed by atoms with E-state index in [1.807, 2.05) is 17.5 Å². The van der Waals surface area contributed by atoms with Crippen LogP contribution in [0.4, 0.5) is 0 Å². The molecule has 3 N–H and O–H groups in total. The second kappa shape index (κ2) is 6.52. The molecule has 0 spiro atoms. The van der Waals surface area contributed by atoms with Crippen LogP contribution in [0, 0.1) is 0 Å². The molecule has 0 aliphatic rings. The maximum Gasteiger partial charge on any atom is 0.265 e. The number of methoxy groups -OCH3 is 1. The number of nitrogens with one attached hydrogen (secondary N) is 1. The van der Waals surface area contributed by atoms with Gasteiger partial charge in [0, 0.05) is 12.0 Å². The van der Waals surface area contributed by atoms with Crippen LogP contribution >= 0.6 is 11.3 Å². The van der Waals surface area contributed by atoms with Gasteiger partial charge in [-0.15, -0.1) is 11.3 Å². The van der Waals surface area contributed by atoms with Crippen molar-refractivity contribution in [1.29, 1.82) is 0 Å². The van der Waals surface area contributed by atoms with Crippen LogP contribution in [0.1, 0.15) is 10.9 Å². The standard InChI is InChI=1S/C9H14N2O3S/c1-13-4-5-14-11-9(12)8(10)7-3-2-6-15-7/h2-3,6,8H,4-5,10H2,1H3,(H,11,12). The molecule has 0 aliphatic carbocycles. The highest BCUT2D eigenvalue weighted by Crippen LogP contribution is 2.16. The van der Waals surface area contributed by atoms with Crippen molar-refractivity contribution in [1.82, 2.24) is 5.48 Å². The summed E-state index contributed by atoms with van der Waals surface area (Å²) in [5, 5.41) is 1.87. The molecule has 1 aromatic heterocycles. The molecule has 0 fully saturated rings. The first-order chi connectivity index (χ1) is 7.25. The number of ether oxygens (including phenoxy) is 1. The van der Waals surface area contributed by atoms with Crippen LogP contribution in [0.15, 0.2) is 17.5 Å². The highest BCUT2D eigenvalue weighted by Gasteiger charge is 2.16. The molecule has 0 aromatic carbocycles. The van der Waals surface area contributed by atoms with Crippen molar-refractivity contribution in [3.05, 3.63) is 22.4 Å². The van der Waals surface area contributed by atoms with Crippen molar-refractivity contribution in [2.24, 2.45) is 5.73 Å². The summed E-state index contributed by atoms with van der Waals surface area (Å²) in [6.45, 7) is 0.730. The number of thiophene rings is 1. The highest BCUT2D eigenvalue weighted by molar-refractivity contribution is 7.10. The molecule has 84 valence electrons. The third kappa shape index (κ3) is 3.96. The Morgan fingerprint density at radius 1 is 1.67 bits per heavy atom. The molecule has 1 atom stereocenters. The zero-order chi connectivity index (χ0) is 11.1. The van der Waals surface area contributed by atoms with Gasteiger partial charge in [0.15, 0.2) is 0 Å². The van der Waals surface area contributed by atoms with E-state index in [-0.39, 0.29) is 5.91 Å². The maximum atomic E-state index is 11.4. The predicted octanol–water partition coefficient (Wildman–Crippen LogP) is 0.442. The number of hydrogen-bond donors (Lipinski definition) is 2. The molecule has 1 aromatic rings. The molecule has 0 saturated carbocycles. The highest BCUT2D eigenvalue weighted by atomic mass is 32.1. The van der Waals surface area contributed by atoms with Gasteiger partial charge >= 0.3 is 0 Å². The maximum absolute atomic E-state index is 11.4. The van der Waals surface area contributed by atoms with Gasteiger partial charge in [-0.3, -0.25) is 9.63 Å². The minimum absolute atomic E-state index is 0.305. The van der Waals surface area contributed by atoms with Crippen molar-refractivity contribution < 1.29 is 14.4 Å². The topological polar surface area (TPSA) is 73.6 Å². The van der Waals surface area contributed by atoms with Gasteiger partial charge in [-0.25, -0.2) is 5.48 Å². The summed E-state index contributed by atoms with van der Waals surface area (Å²) < 4.78 is 4.75. The van der Waals surface area contributed by atoms with E-state index < -0.39 is 6.04 Å². The summed E-state index contributed by atoms with van der Waals surface area (Å²) in [5.74, 6) is -0.353. The van der Waals surface area contributed by atoms with Gasteiger partial charge in [0.2, 0.25) is 0 Å². The lowest BCUT2D eigenvalue weighted by atomic mass is 10.2. The number of hydroxylamine groups is 1.